The molecule has 0 saturated carbocycles. The largest absolute Gasteiger partial charge is 0.366 e. The lowest BCUT2D eigenvalue weighted by molar-refractivity contribution is -0.113. The molecule has 0 unspecified atom stereocenters. The number of amides is 1. The van der Waals surface area contributed by atoms with Crippen molar-refractivity contribution in [3.63, 3.8) is 0 Å². The van der Waals surface area contributed by atoms with E-state index in [4.69, 9.17) is 5.73 Å². The summed E-state index contributed by atoms with van der Waals surface area (Å²) in [7, 11) is 0. The van der Waals surface area contributed by atoms with Crippen LogP contribution >= 0.6 is 22.6 Å². The highest BCUT2D eigenvalue weighted by molar-refractivity contribution is 14.1. The standard InChI is InChI=1S/C11H12INO/c1-7-6-10(12)8(2)5-9(7)3-4-11(13)14/h3-6H,1-2H3,(H2,13,14). The van der Waals surface area contributed by atoms with Crippen LogP contribution in [0.2, 0.25) is 0 Å². The number of carbonyl (C=O) groups excluding carboxylic acids is 1. The molecule has 2 nitrogen and oxygen atoms in total. The van der Waals surface area contributed by atoms with Crippen LogP contribution in [0.4, 0.5) is 0 Å². The Morgan fingerprint density at radius 3 is 2.57 bits per heavy atom. The van der Waals surface area contributed by atoms with Gasteiger partial charge in [0.05, 0.1) is 0 Å². The van der Waals surface area contributed by atoms with Crippen molar-refractivity contribution in [2.45, 2.75) is 13.8 Å². The molecule has 0 radical (unpaired) electrons. The molecule has 1 aromatic rings. The van der Waals surface area contributed by atoms with Crippen LogP contribution in [0.3, 0.4) is 0 Å². The van der Waals surface area contributed by atoms with Crippen molar-refractivity contribution < 1.29 is 4.79 Å². The predicted octanol–water partition coefficient (Wildman–Crippen LogP) is 2.41. The Kier molecular flexibility index (Phi) is 3.69. The highest BCUT2D eigenvalue weighted by Crippen LogP contribution is 2.18. The molecule has 14 heavy (non-hydrogen) atoms. The molecule has 0 heterocycles. The van der Waals surface area contributed by atoms with E-state index in [-0.39, 0.29) is 0 Å². The number of primary amides is 1. The van der Waals surface area contributed by atoms with Gasteiger partial charge in [-0.15, -0.1) is 0 Å². The normalized spacial score (nSPS) is 10.8. The fourth-order valence-corrected chi connectivity index (χ4v) is 1.78. The van der Waals surface area contributed by atoms with Crippen molar-refractivity contribution in [3.05, 3.63) is 38.5 Å². The van der Waals surface area contributed by atoms with E-state index < -0.39 is 5.91 Å². The summed E-state index contributed by atoms with van der Waals surface area (Å²) in [6.45, 7) is 4.06. The second-order valence-corrected chi connectivity index (χ2v) is 4.36. The van der Waals surface area contributed by atoms with E-state index >= 15 is 0 Å². The maximum atomic E-state index is 10.6. The van der Waals surface area contributed by atoms with Gasteiger partial charge in [-0.1, -0.05) is 6.07 Å². The number of hydrogen-bond donors (Lipinski definition) is 1. The number of carbonyl (C=O) groups is 1. The lowest BCUT2D eigenvalue weighted by Gasteiger charge is -2.04. The molecule has 0 spiro atoms. The Labute approximate surface area is 97.3 Å². The molecule has 0 saturated heterocycles. The average molecular weight is 301 g/mol. The highest BCUT2D eigenvalue weighted by Gasteiger charge is 1.99. The van der Waals surface area contributed by atoms with Crippen molar-refractivity contribution in [2.75, 3.05) is 0 Å². The Hall–Kier alpha value is -0.840. The van der Waals surface area contributed by atoms with E-state index in [1.807, 2.05) is 13.8 Å². The van der Waals surface area contributed by atoms with E-state index in [1.54, 1.807) is 6.08 Å². The molecule has 0 aliphatic rings. The number of benzene rings is 1. The maximum Gasteiger partial charge on any atom is 0.241 e. The third-order valence-corrected chi connectivity index (χ3v) is 3.14. The van der Waals surface area contributed by atoms with Crippen molar-refractivity contribution >= 4 is 34.6 Å². The lowest BCUT2D eigenvalue weighted by Crippen LogP contribution is -2.05. The molecule has 0 aromatic heterocycles. The Morgan fingerprint density at radius 1 is 1.36 bits per heavy atom. The first-order valence-electron chi connectivity index (χ1n) is 4.25. The van der Waals surface area contributed by atoms with Crippen molar-refractivity contribution in [2.24, 2.45) is 5.73 Å². The number of hydrogen-bond acceptors (Lipinski definition) is 1. The van der Waals surface area contributed by atoms with Gasteiger partial charge in [0.15, 0.2) is 0 Å². The minimum absolute atomic E-state index is 0.416. The molecule has 74 valence electrons. The van der Waals surface area contributed by atoms with Crippen LogP contribution in [0.25, 0.3) is 6.08 Å². The fraction of sp³-hybridized carbons (Fsp3) is 0.182. The number of halogens is 1. The average Bonchev–Trinajstić information content (AvgIpc) is 2.09. The molecule has 1 rings (SSSR count). The summed E-state index contributed by atoms with van der Waals surface area (Å²) in [4.78, 5) is 10.6. The Morgan fingerprint density at radius 2 is 2.00 bits per heavy atom. The van der Waals surface area contributed by atoms with Gasteiger partial charge in [-0.05, 0) is 65.3 Å². The van der Waals surface area contributed by atoms with Crippen molar-refractivity contribution in [1.29, 1.82) is 0 Å². The number of rotatable bonds is 2. The smallest absolute Gasteiger partial charge is 0.241 e. The predicted molar refractivity (Wildman–Crippen MR) is 66.9 cm³/mol. The van der Waals surface area contributed by atoms with Gasteiger partial charge in [0.2, 0.25) is 5.91 Å². The van der Waals surface area contributed by atoms with E-state index in [9.17, 15) is 4.79 Å². The maximum absolute atomic E-state index is 10.6. The summed E-state index contributed by atoms with van der Waals surface area (Å²) in [6.07, 6.45) is 3.13. The second-order valence-electron chi connectivity index (χ2n) is 3.19. The second kappa shape index (κ2) is 4.59. The highest BCUT2D eigenvalue weighted by atomic mass is 127. The summed E-state index contributed by atoms with van der Waals surface area (Å²) in [6, 6.07) is 4.15. The zero-order valence-electron chi connectivity index (χ0n) is 8.17. The Balaban J connectivity index is 3.10. The van der Waals surface area contributed by atoms with Gasteiger partial charge in [0.25, 0.3) is 0 Å². The van der Waals surface area contributed by atoms with Gasteiger partial charge < -0.3 is 5.73 Å². The first kappa shape index (κ1) is 11.2. The van der Waals surface area contributed by atoms with Crippen LogP contribution in [0.15, 0.2) is 18.2 Å². The SMILES string of the molecule is Cc1cc(C=CC(N)=O)c(C)cc1I. The van der Waals surface area contributed by atoms with Gasteiger partial charge in [0.1, 0.15) is 0 Å². The summed E-state index contributed by atoms with van der Waals surface area (Å²) in [5.74, 6) is -0.416. The summed E-state index contributed by atoms with van der Waals surface area (Å²) in [5, 5.41) is 0. The topological polar surface area (TPSA) is 43.1 Å². The monoisotopic (exact) mass is 301 g/mol. The lowest BCUT2D eigenvalue weighted by atomic mass is 10.1. The summed E-state index contributed by atoms with van der Waals surface area (Å²) in [5.41, 5.74) is 8.43. The van der Waals surface area contributed by atoms with Crippen LogP contribution in [0.1, 0.15) is 16.7 Å². The van der Waals surface area contributed by atoms with E-state index in [1.165, 1.54) is 15.2 Å². The molecular formula is C11H12INO. The van der Waals surface area contributed by atoms with E-state index in [2.05, 4.69) is 34.7 Å². The third-order valence-electron chi connectivity index (χ3n) is 1.97. The summed E-state index contributed by atoms with van der Waals surface area (Å²) < 4.78 is 1.23. The molecule has 1 aromatic carbocycles. The molecule has 0 atom stereocenters. The molecular weight excluding hydrogens is 289 g/mol. The molecule has 3 heteroatoms. The Bertz CT molecular complexity index is 397. The fourth-order valence-electron chi connectivity index (χ4n) is 1.15. The van der Waals surface area contributed by atoms with Gasteiger partial charge in [-0.25, -0.2) is 0 Å². The van der Waals surface area contributed by atoms with Gasteiger partial charge in [-0.2, -0.15) is 0 Å². The van der Waals surface area contributed by atoms with Crippen molar-refractivity contribution in [1.82, 2.24) is 0 Å². The van der Waals surface area contributed by atoms with Crippen LogP contribution in [0.5, 0.6) is 0 Å². The molecule has 0 bridgehead atoms. The zero-order chi connectivity index (χ0) is 10.7. The number of nitrogens with two attached hydrogens (primary N) is 1. The van der Waals surface area contributed by atoms with Crippen LogP contribution in [0, 0.1) is 17.4 Å². The zero-order valence-corrected chi connectivity index (χ0v) is 10.3. The van der Waals surface area contributed by atoms with Crippen LogP contribution in [-0.4, -0.2) is 5.91 Å². The van der Waals surface area contributed by atoms with Crippen LogP contribution < -0.4 is 5.73 Å². The minimum atomic E-state index is -0.416. The quantitative estimate of drug-likeness (QED) is 0.661. The van der Waals surface area contributed by atoms with Gasteiger partial charge in [-0.3, -0.25) is 4.79 Å². The van der Waals surface area contributed by atoms with E-state index in [0.29, 0.717) is 0 Å². The minimum Gasteiger partial charge on any atom is -0.366 e. The molecule has 0 fully saturated rings. The molecule has 0 aliphatic carbocycles. The molecule has 1 amide bonds. The third kappa shape index (κ3) is 2.83. The molecule has 0 aliphatic heterocycles. The van der Waals surface area contributed by atoms with Crippen LogP contribution in [-0.2, 0) is 4.79 Å². The van der Waals surface area contributed by atoms with Gasteiger partial charge in [0, 0.05) is 9.65 Å². The first-order valence-corrected chi connectivity index (χ1v) is 5.33. The van der Waals surface area contributed by atoms with Gasteiger partial charge >= 0.3 is 0 Å². The number of aryl methyl sites for hydroxylation is 2. The van der Waals surface area contributed by atoms with Crippen molar-refractivity contribution in [3.8, 4) is 0 Å². The first-order chi connectivity index (χ1) is 6.50. The van der Waals surface area contributed by atoms with E-state index in [0.717, 1.165) is 11.1 Å². The summed E-state index contributed by atoms with van der Waals surface area (Å²) >= 11 is 2.29. The molecule has 2 N–H and O–H groups in total.